The number of nitrogens with two attached hydrogens (primary N) is 1. The molecule has 0 unspecified atom stereocenters. The monoisotopic (exact) mass is 612 g/mol. The summed E-state index contributed by atoms with van der Waals surface area (Å²) in [5.74, 6) is -2.87. The zero-order valence-corrected chi connectivity index (χ0v) is 23.7. The van der Waals surface area contributed by atoms with E-state index in [4.69, 9.17) is 10.3 Å². The first kappa shape index (κ1) is 30.0. The van der Waals surface area contributed by atoms with E-state index in [-0.39, 0.29) is 29.0 Å². The Hall–Kier alpha value is -5.47. The molecular formula is C29H24F4N6O5. The number of pyridine rings is 1. The molecule has 3 aromatic heterocycles. The maximum Gasteiger partial charge on any atom is 0.433 e. The molecule has 2 amide bonds. The Kier molecular flexibility index (Phi) is 7.27. The predicted molar refractivity (Wildman–Crippen MR) is 151 cm³/mol. The van der Waals surface area contributed by atoms with Crippen molar-refractivity contribution >= 4 is 28.4 Å². The molecule has 0 radical (unpaired) electrons. The molecule has 44 heavy (non-hydrogen) atoms. The van der Waals surface area contributed by atoms with Crippen molar-refractivity contribution in [3.63, 3.8) is 0 Å². The molecule has 2 aromatic carbocycles. The molecule has 0 saturated heterocycles. The highest BCUT2D eigenvalue weighted by Gasteiger charge is 2.36. The van der Waals surface area contributed by atoms with E-state index >= 15 is 0 Å². The van der Waals surface area contributed by atoms with Crippen molar-refractivity contribution in [1.82, 2.24) is 19.1 Å². The lowest BCUT2D eigenvalue weighted by Crippen LogP contribution is -2.22. The Labute approximate surface area is 245 Å². The van der Waals surface area contributed by atoms with E-state index in [0.717, 1.165) is 27.6 Å². The number of carbonyl (C=O) groups is 2. The summed E-state index contributed by atoms with van der Waals surface area (Å²) in [6.07, 6.45) is -5.02. The Morgan fingerprint density at radius 2 is 1.75 bits per heavy atom. The molecule has 0 fully saturated rings. The van der Waals surface area contributed by atoms with E-state index in [1.807, 2.05) is 0 Å². The average Bonchev–Trinajstić information content (AvgIpc) is 3.38. The minimum atomic E-state index is -5.02. The number of hydrogen-bond acceptors (Lipinski definition) is 6. The fourth-order valence-electron chi connectivity index (χ4n) is 5.09. The zero-order valence-electron chi connectivity index (χ0n) is 23.7. The molecule has 0 bridgehead atoms. The SMILES string of the molecule is CCn1c2c(C(=O)Nc3ccc(F)c(C(N)=O)c3)nc(C(F)(F)F)cc2c(=O)n1-c1ccc(-c2c(C)on(C)c2=O)cc1C. The number of amides is 2. The van der Waals surface area contributed by atoms with E-state index < -0.39 is 51.7 Å². The Morgan fingerprint density at radius 1 is 1.05 bits per heavy atom. The van der Waals surface area contributed by atoms with Crippen LogP contribution in [0.4, 0.5) is 23.2 Å². The van der Waals surface area contributed by atoms with Crippen LogP contribution in [0, 0.1) is 19.7 Å². The number of benzene rings is 2. The van der Waals surface area contributed by atoms with Gasteiger partial charge in [0.2, 0.25) is 0 Å². The van der Waals surface area contributed by atoms with E-state index in [1.54, 1.807) is 32.9 Å². The van der Waals surface area contributed by atoms with Gasteiger partial charge in [-0.3, -0.25) is 23.9 Å². The van der Waals surface area contributed by atoms with Crippen molar-refractivity contribution in [2.75, 3.05) is 5.32 Å². The van der Waals surface area contributed by atoms with E-state index in [9.17, 15) is 36.7 Å². The summed E-state index contributed by atoms with van der Waals surface area (Å²) in [4.78, 5) is 54.9. The van der Waals surface area contributed by atoms with Gasteiger partial charge in [0.05, 0.1) is 22.2 Å². The minimum absolute atomic E-state index is 0.0248. The van der Waals surface area contributed by atoms with Crippen LogP contribution in [0.5, 0.6) is 0 Å². The third-order valence-electron chi connectivity index (χ3n) is 7.05. The van der Waals surface area contributed by atoms with Crippen LogP contribution in [0.25, 0.3) is 27.7 Å². The Morgan fingerprint density at radius 3 is 2.32 bits per heavy atom. The second-order valence-corrected chi connectivity index (χ2v) is 9.92. The average molecular weight is 613 g/mol. The number of primary amides is 1. The maximum atomic E-state index is 14.0. The van der Waals surface area contributed by atoms with Crippen LogP contribution in [0.2, 0.25) is 0 Å². The van der Waals surface area contributed by atoms with E-state index in [2.05, 4.69) is 10.3 Å². The molecule has 5 rings (SSSR count). The van der Waals surface area contributed by atoms with Gasteiger partial charge in [-0.25, -0.2) is 14.1 Å². The number of nitrogens with one attached hydrogen (secondary N) is 1. The lowest BCUT2D eigenvalue weighted by atomic mass is 10.0. The number of aryl methyl sites for hydroxylation is 4. The van der Waals surface area contributed by atoms with Gasteiger partial charge < -0.3 is 15.6 Å². The van der Waals surface area contributed by atoms with Crippen LogP contribution in [0.1, 0.15) is 44.8 Å². The van der Waals surface area contributed by atoms with Gasteiger partial charge in [-0.2, -0.15) is 17.9 Å². The molecular weight excluding hydrogens is 588 g/mol. The highest BCUT2D eigenvalue weighted by Crippen LogP contribution is 2.32. The van der Waals surface area contributed by atoms with E-state index in [1.165, 1.54) is 17.8 Å². The van der Waals surface area contributed by atoms with Crippen LogP contribution >= 0.6 is 0 Å². The molecule has 0 aliphatic heterocycles. The van der Waals surface area contributed by atoms with Crippen LogP contribution in [0.15, 0.2) is 56.6 Å². The lowest BCUT2D eigenvalue weighted by Gasteiger charge is -2.15. The number of alkyl halides is 3. The lowest BCUT2D eigenvalue weighted by molar-refractivity contribution is -0.141. The Balaban J connectivity index is 1.72. The van der Waals surface area contributed by atoms with Gasteiger partial charge in [-0.05, 0) is 68.3 Å². The van der Waals surface area contributed by atoms with Gasteiger partial charge in [0.15, 0.2) is 5.69 Å². The van der Waals surface area contributed by atoms with Crippen LogP contribution < -0.4 is 22.2 Å². The van der Waals surface area contributed by atoms with Gasteiger partial charge in [0, 0.05) is 19.3 Å². The second-order valence-electron chi connectivity index (χ2n) is 9.92. The summed E-state index contributed by atoms with van der Waals surface area (Å²) in [6.45, 7) is 4.92. The van der Waals surface area contributed by atoms with Gasteiger partial charge in [0.1, 0.15) is 22.8 Å². The number of aromatic nitrogens is 4. The largest absolute Gasteiger partial charge is 0.433 e. The molecule has 0 aliphatic rings. The smallest absolute Gasteiger partial charge is 0.381 e. The topological polar surface area (TPSA) is 147 Å². The maximum absolute atomic E-state index is 14.0. The molecule has 0 saturated carbocycles. The number of halogens is 4. The Bertz CT molecular complexity index is 2120. The molecule has 5 aromatic rings. The van der Waals surface area contributed by atoms with Crippen molar-refractivity contribution in [1.29, 1.82) is 0 Å². The predicted octanol–water partition coefficient (Wildman–Crippen LogP) is 4.29. The quantitative estimate of drug-likeness (QED) is 0.274. The highest BCUT2D eigenvalue weighted by molar-refractivity contribution is 6.11. The first-order chi connectivity index (χ1) is 20.6. The molecule has 15 heteroatoms. The summed E-state index contributed by atoms with van der Waals surface area (Å²) in [5.41, 5.74) is 2.41. The van der Waals surface area contributed by atoms with Crippen LogP contribution in [0.3, 0.4) is 0 Å². The minimum Gasteiger partial charge on any atom is -0.381 e. The van der Waals surface area contributed by atoms with Crippen molar-refractivity contribution in [3.8, 4) is 16.8 Å². The van der Waals surface area contributed by atoms with Crippen molar-refractivity contribution in [2.45, 2.75) is 33.5 Å². The highest BCUT2D eigenvalue weighted by atomic mass is 19.4. The standard InChI is InChI=1S/C29H24F4N6O5/c1-5-38-24-18(27(42)39(38)20-9-6-15(10-13(20)2)22-14(3)44-37(4)28(22)43)12-21(29(31,32)33)36-23(24)26(41)35-16-7-8-19(30)17(11-16)25(34)40/h6-12H,5H2,1-4H3,(H2,34,40)(H,35,41). The third kappa shape index (κ3) is 4.95. The van der Waals surface area contributed by atoms with Crippen LogP contribution in [-0.2, 0) is 19.8 Å². The number of hydrogen-bond donors (Lipinski definition) is 2. The summed E-state index contributed by atoms with van der Waals surface area (Å²) in [7, 11) is 1.46. The molecule has 0 spiro atoms. The van der Waals surface area contributed by atoms with Gasteiger partial charge in [0.25, 0.3) is 22.9 Å². The van der Waals surface area contributed by atoms with Gasteiger partial charge in [-0.1, -0.05) is 6.07 Å². The number of anilines is 1. The van der Waals surface area contributed by atoms with Crippen LogP contribution in [-0.4, -0.2) is 30.9 Å². The van der Waals surface area contributed by atoms with Crippen molar-refractivity contribution in [2.24, 2.45) is 12.8 Å². The van der Waals surface area contributed by atoms with Gasteiger partial charge in [-0.15, -0.1) is 0 Å². The zero-order chi connectivity index (χ0) is 32.2. The van der Waals surface area contributed by atoms with Crippen molar-refractivity contribution < 1.29 is 31.7 Å². The molecule has 11 nitrogen and oxygen atoms in total. The first-order valence-electron chi connectivity index (χ1n) is 13.1. The van der Waals surface area contributed by atoms with Crippen molar-refractivity contribution in [3.05, 3.63) is 97.3 Å². The van der Waals surface area contributed by atoms with E-state index in [0.29, 0.717) is 28.5 Å². The normalized spacial score (nSPS) is 11.7. The summed E-state index contributed by atoms with van der Waals surface area (Å²) < 4.78 is 64.6. The molecule has 3 N–H and O–H groups in total. The molecule has 0 aliphatic carbocycles. The molecule has 3 heterocycles. The third-order valence-corrected chi connectivity index (χ3v) is 7.05. The number of carbonyl (C=O) groups excluding carboxylic acids is 2. The molecule has 228 valence electrons. The summed E-state index contributed by atoms with van der Waals surface area (Å²) >= 11 is 0. The van der Waals surface area contributed by atoms with Gasteiger partial charge >= 0.3 is 6.18 Å². The summed E-state index contributed by atoms with van der Waals surface area (Å²) in [5, 5.41) is 1.88. The number of nitrogens with zero attached hydrogens (tertiary/aromatic N) is 4. The molecule has 0 atom stereocenters. The summed E-state index contributed by atoms with van der Waals surface area (Å²) in [6, 6.07) is 8.19. The second kappa shape index (κ2) is 10.7. The first-order valence-corrected chi connectivity index (χ1v) is 13.1. The fraction of sp³-hybridized carbons (Fsp3) is 0.207. The number of rotatable bonds is 6. The number of fused-ring (bicyclic) bond motifs is 1. The fourth-order valence-corrected chi connectivity index (χ4v) is 5.09.